The molecule has 2 aliphatic heterocycles. The summed E-state index contributed by atoms with van der Waals surface area (Å²) in [5.74, 6) is -2.36. The molecule has 1 aromatic rings. The summed E-state index contributed by atoms with van der Waals surface area (Å²) in [6.45, 7) is 3.23. The van der Waals surface area contributed by atoms with Gasteiger partial charge in [-0.25, -0.2) is 0 Å². The van der Waals surface area contributed by atoms with Crippen LogP contribution in [0.5, 0.6) is 5.75 Å². The average Bonchev–Trinajstić information content (AvgIpc) is 3.02. The highest BCUT2D eigenvalue weighted by Gasteiger charge is 2.46. The lowest BCUT2D eigenvalue weighted by Gasteiger charge is -2.27. The highest BCUT2D eigenvalue weighted by molar-refractivity contribution is 6.24. The SMILES string of the molecule is CCCCOCCCCC(=O)COc1cccc2c1C(=O)N(C1CCC(=O)NC1=O)C2=O. The van der Waals surface area contributed by atoms with Crippen LogP contribution in [-0.4, -0.2) is 60.2 Å². The van der Waals surface area contributed by atoms with Gasteiger partial charge >= 0.3 is 0 Å². The maximum Gasteiger partial charge on any atom is 0.266 e. The second-order valence-corrected chi connectivity index (χ2v) is 7.88. The number of ketones is 1. The minimum absolute atomic E-state index is 0.0410. The molecule has 0 radical (unpaired) electrons. The Balaban J connectivity index is 1.56. The van der Waals surface area contributed by atoms with E-state index in [1.54, 1.807) is 6.07 Å². The van der Waals surface area contributed by atoms with Crippen molar-refractivity contribution in [3.8, 4) is 5.75 Å². The molecule has 9 heteroatoms. The molecule has 32 heavy (non-hydrogen) atoms. The molecule has 0 bridgehead atoms. The minimum atomic E-state index is -1.05. The van der Waals surface area contributed by atoms with Crippen molar-refractivity contribution in [1.29, 1.82) is 0 Å². The molecule has 1 saturated heterocycles. The predicted octanol–water partition coefficient (Wildman–Crippen LogP) is 2.02. The second kappa shape index (κ2) is 11.0. The summed E-state index contributed by atoms with van der Waals surface area (Å²) in [5, 5.41) is 2.16. The van der Waals surface area contributed by atoms with Crippen molar-refractivity contribution < 1.29 is 33.4 Å². The molecule has 1 aromatic carbocycles. The summed E-state index contributed by atoms with van der Waals surface area (Å²) in [5.41, 5.74) is 0.160. The molecule has 1 unspecified atom stereocenters. The first-order valence-corrected chi connectivity index (χ1v) is 11.0. The van der Waals surface area contributed by atoms with Crippen LogP contribution >= 0.6 is 0 Å². The van der Waals surface area contributed by atoms with Crippen LogP contribution in [-0.2, 0) is 19.1 Å². The average molecular weight is 444 g/mol. The number of piperidine rings is 1. The highest BCUT2D eigenvalue weighted by atomic mass is 16.5. The number of hydrogen-bond acceptors (Lipinski definition) is 7. The first kappa shape index (κ1) is 23.6. The highest BCUT2D eigenvalue weighted by Crippen LogP contribution is 2.33. The van der Waals surface area contributed by atoms with Crippen LogP contribution in [0.2, 0.25) is 0 Å². The molecule has 9 nitrogen and oxygen atoms in total. The number of fused-ring (bicyclic) bond motifs is 1. The van der Waals surface area contributed by atoms with E-state index >= 15 is 0 Å². The van der Waals surface area contributed by atoms with Crippen LogP contribution in [0, 0.1) is 0 Å². The molecule has 1 atom stereocenters. The minimum Gasteiger partial charge on any atom is -0.485 e. The number of ether oxygens (including phenoxy) is 2. The van der Waals surface area contributed by atoms with Gasteiger partial charge in [0.2, 0.25) is 11.8 Å². The van der Waals surface area contributed by atoms with Crippen LogP contribution in [0.4, 0.5) is 0 Å². The number of nitrogens with one attached hydrogen (secondary N) is 1. The molecule has 0 aromatic heterocycles. The predicted molar refractivity (Wildman–Crippen MR) is 113 cm³/mol. The zero-order chi connectivity index (χ0) is 23.1. The molecule has 1 fully saturated rings. The monoisotopic (exact) mass is 444 g/mol. The van der Waals surface area contributed by atoms with Crippen molar-refractivity contribution in [2.24, 2.45) is 0 Å². The van der Waals surface area contributed by atoms with Gasteiger partial charge in [0.25, 0.3) is 11.8 Å². The number of carbonyl (C=O) groups is 5. The van der Waals surface area contributed by atoms with Crippen LogP contribution in [0.3, 0.4) is 0 Å². The third kappa shape index (κ3) is 5.40. The first-order valence-electron chi connectivity index (χ1n) is 11.0. The van der Waals surface area contributed by atoms with Gasteiger partial charge in [-0.05, 0) is 37.8 Å². The van der Waals surface area contributed by atoms with Gasteiger partial charge < -0.3 is 9.47 Å². The fraction of sp³-hybridized carbons (Fsp3) is 0.522. The van der Waals surface area contributed by atoms with Crippen molar-refractivity contribution >= 4 is 29.4 Å². The Morgan fingerprint density at radius 3 is 2.62 bits per heavy atom. The van der Waals surface area contributed by atoms with E-state index in [2.05, 4.69) is 12.2 Å². The van der Waals surface area contributed by atoms with Crippen molar-refractivity contribution in [1.82, 2.24) is 10.2 Å². The van der Waals surface area contributed by atoms with Gasteiger partial charge in [0.05, 0.1) is 11.1 Å². The zero-order valence-corrected chi connectivity index (χ0v) is 18.2. The maximum atomic E-state index is 13.0. The van der Waals surface area contributed by atoms with Gasteiger partial charge in [-0.3, -0.25) is 34.2 Å². The number of hydrogen-bond donors (Lipinski definition) is 1. The molecular weight excluding hydrogens is 416 g/mol. The summed E-state index contributed by atoms with van der Waals surface area (Å²) in [7, 11) is 0. The number of carbonyl (C=O) groups excluding carboxylic acids is 5. The summed E-state index contributed by atoms with van der Waals surface area (Å²) in [6.07, 6.45) is 4.03. The maximum absolute atomic E-state index is 13.0. The van der Waals surface area contributed by atoms with E-state index in [4.69, 9.17) is 9.47 Å². The number of imide groups is 2. The van der Waals surface area contributed by atoms with Crippen LogP contribution in [0.1, 0.15) is 72.6 Å². The van der Waals surface area contributed by atoms with Crippen LogP contribution < -0.4 is 10.1 Å². The van der Waals surface area contributed by atoms with Gasteiger partial charge in [-0.1, -0.05) is 19.4 Å². The summed E-state index contributed by atoms with van der Waals surface area (Å²) >= 11 is 0. The summed E-state index contributed by atoms with van der Waals surface area (Å²) in [6, 6.07) is 3.52. The van der Waals surface area contributed by atoms with Gasteiger partial charge in [0.1, 0.15) is 18.4 Å². The van der Waals surface area contributed by atoms with Crippen LogP contribution in [0.15, 0.2) is 18.2 Å². The quantitative estimate of drug-likeness (QED) is 0.387. The Hall–Kier alpha value is -3.07. The largest absolute Gasteiger partial charge is 0.485 e. The topological polar surface area (TPSA) is 119 Å². The Morgan fingerprint density at radius 2 is 1.88 bits per heavy atom. The number of Topliss-reactive ketones (excluding diaryl/α,β-unsaturated/α-hetero) is 1. The van der Waals surface area contributed by atoms with Gasteiger partial charge in [0, 0.05) is 26.1 Å². The standard InChI is InChI=1S/C23H28N2O7/c1-2-3-12-31-13-5-4-7-15(26)14-32-18-9-6-8-16-20(18)23(30)25(22(16)29)17-10-11-19(27)24-21(17)28/h6,8-9,17H,2-5,7,10-14H2,1H3,(H,24,27,28). The Kier molecular flexibility index (Phi) is 8.10. The summed E-state index contributed by atoms with van der Waals surface area (Å²) in [4.78, 5) is 62.4. The van der Waals surface area contributed by atoms with E-state index < -0.39 is 29.7 Å². The van der Waals surface area contributed by atoms with Gasteiger partial charge in [-0.2, -0.15) is 0 Å². The van der Waals surface area contributed by atoms with E-state index in [9.17, 15) is 24.0 Å². The van der Waals surface area contributed by atoms with Crippen molar-refractivity contribution in [2.75, 3.05) is 19.8 Å². The third-order valence-corrected chi connectivity index (χ3v) is 5.46. The van der Waals surface area contributed by atoms with E-state index in [-0.39, 0.29) is 42.1 Å². The Bertz CT molecular complexity index is 912. The van der Waals surface area contributed by atoms with E-state index in [1.165, 1.54) is 12.1 Å². The van der Waals surface area contributed by atoms with Crippen molar-refractivity contribution in [3.63, 3.8) is 0 Å². The van der Waals surface area contributed by atoms with Gasteiger partial charge in [0.15, 0.2) is 5.78 Å². The number of rotatable bonds is 12. The van der Waals surface area contributed by atoms with Gasteiger partial charge in [-0.15, -0.1) is 0 Å². The Morgan fingerprint density at radius 1 is 1.09 bits per heavy atom. The van der Waals surface area contributed by atoms with E-state index in [1.807, 2.05) is 0 Å². The number of benzene rings is 1. The first-order chi connectivity index (χ1) is 15.4. The van der Waals surface area contributed by atoms with E-state index in [0.29, 0.717) is 19.4 Å². The molecule has 172 valence electrons. The number of amides is 4. The summed E-state index contributed by atoms with van der Waals surface area (Å²) < 4.78 is 11.1. The number of unbranched alkanes of at least 4 members (excludes halogenated alkanes) is 2. The molecule has 0 saturated carbocycles. The molecular formula is C23H28N2O7. The normalized spacial score (nSPS) is 18.0. The number of nitrogens with zero attached hydrogens (tertiary/aromatic N) is 1. The zero-order valence-electron chi connectivity index (χ0n) is 18.2. The fourth-order valence-corrected chi connectivity index (χ4v) is 3.71. The lowest BCUT2D eigenvalue weighted by molar-refractivity contribution is -0.136. The molecule has 2 aliphatic rings. The van der Waals surface area contributed by atoms with Crippen molar-refractivity contribution in [2.45, 2.75) is 57.9 Å². The van der Waals surface area contributed by atoms with Crippen molar-refractivity contribution in [3.05, 3.63) is 29.3 Å². The van der Waals surface area contributed by atoms with Crippen LogP contribution in [0.25, 0.3) is 0 Å². The van der Waals surface area contributed by atoms with E-state index in [0.717, 1.165) is 30.8 Å². The molecule has 0 spiro atoms. The lowest BCUT2D eigenvalue weighted by Crippen LogP contribution is -2.54. The molecule has 2 heterocycles. The lowest BCUT2D eigenvalue weighted by atomic mass is 10.0. The Labute approximate surface area is 186 Å². The fourth-order valence-electron chi connectivity index (χ4n) is 3.71. The molecule has 4 amide bonds. The molecule has 3 rings (SSSR count). The second-order valence-electron chi connectivity index (χ2n) is 7.88. The smallest absolute Gasteiger partial charge is 0.266 e. The third-order valence-electron chi connectivity index (χ3n) is 5.46. The molecule has 1 N–H and O–H groups in total. The molecule has 0 aliphatic carbocycles.